The third kappa shape index (κ3) is 2.53. The van der Waals surface area contributed by atoms with Gasteiger partial charge in [0.05, 0.1) is 0 Å². The second kappa shape index (κ2) is 5.11. The summed E-state index contributed by atoms with van der Waals surface area (Å²) in [4.78, 5) is 0. The van der Waals surface area contributed by atoms with Crippen LogP contribution in [0.2, 0.25) is 0 Å². The molecule has 6 unspecified atom stereocenters. The normalized spacial score (nSPS) is 49.8. The summed E-state index contributed by atoms with van der Waals surface area (Å²) in [5.74, 6) is 5.07. The van der Waals surface area contributed by atoms with E-state index in [1.54, 1.807) is 12.8 Å². The topological polar surface area (TPSA) is 0 Å². The molecule has 2 bridgehead atoms. The van der Waals surface area contributed by atoms with Gasteiger partial charge in [0.1, 0.15) is 0 Å². The summed E-state index contributed by atoms with van der Waals surface area (Å²) < 4.78 is 0. The van der Waals surface area contributed by atoms with Crippen molar-refractivity contribution >= 4 is 11.6 Å². The Hall–Kier alpha value is 0.290. The number of hydrogen-bond donors (Lipinski definition) is 0. The van der Waals surface area contributed by atoms with Gasteiger partial charge in [0.15, 0.2) is 0 Å². The Morgan fingerprint density at radius 2 is 1.82 bits per heavy atom. The molecule has 0 heterocycles. The summed E-state index contributed by atoms with van der Waals surface area (Å²) >= 11 is 6.59. The number of alkyl halides is 1. The predicted molar refractivity (Wildman–Crippen MR) is 74.3 cm³/mol. The minimum atomic E-state index is 0.497. The van der Waals surface area contributed by atoms with Crippen molar-refractivity contribution in [3.63, 3.8) is 0 Å². The van der Waals surface area contributed by atoms with Gasteiger partial charge >= 0.3 is 0 Å². The molecular weight excluding hydrogens is 228 g/mol. The van der Waals surface area contributed by atoms with Crippen LogP contribution in [0.1, 0.15) is 64.7 Å². The molecule has 3 rings (SSSR count). The Kier molecular flexibility index (Phi) is 3.71. The Morgan fingerprint density at radius 3 is 2.47 bits per heavy atom. The van der Waals surface area contributed by atoms with Gasteiger partial charge in [0, 0.05) is 5.38 Å². The van der Waals surface area contributed by atoms with Gasteiger partial charge in [-0.25, -0.2) is 0 Å². The highest BCUT2D eigenvalue weighted by molar-refractivity contribution is 6.20. The zero-order valence-corrected chi connectivity index (χ0v) is 12.0. The fourth-order valence-electron chi connectivity index (χ4n) is 4.99. The SMILES string of the molecule is CCC1CCC(Cl)C(CC2CC3CCC2C3)C1. The molecule has 0 amide bonds. The van der Waals surface area contributed by atoms with E-state index in [0.29, 0.717) is 5.38 Å². The highest BCUT2D eigenvalue weighted by Crippen LogP contribution is 2.52. The fraction of sp³-hybridized carbons (Fsp3) is 1.00. The minimum Gasteiger partial charge on any atom is -0.123 e. The van der Waals surface area contributed by atoms with E-state index in [2.05, 4.69) is 6.92 Å². The van der Waals surface area contributed by atoms with E-state index in [0.717, 1.165) is 29.6 Å². The Balaban J connectivity index is 1.56. The van der Waals surface area contributed by atoms with Crippen molar-refractivity contribution < 1.29 is 0 Å². The van der Waals surface area contributed by atoms with Crippen molar-refractivity contribution in [3.05, 3.63) is 0 Å². The van der Waals surface area contributed by atoms with E-state index < -0.39 is 0 Å². The van der Waals surface area contributed by atoms with Crippen LogP contribution in [-0.2, 0) is 0 Å². The molecule has 0 aromatic heterocycles. The third-order valence-electron chi connectivity index (χ3n) is 6.07. The molecule has 3 saturated carbocycles. The van der Waals surface area contributed by atoms with E-state index in [9.17, 15) is 0 Å². The van der Waals surface area contributed by atoms with E-state index in [4.69, 9.17) is 11.6 Å². The molecule has 0 radical (unpaired) electrons. The maximum Gasteiger partial charge on any atom is 0.0364 e. The second-order valence-corrected chi connectivity index (χ2v) is 7.59. The summed E-state index contributed by atoms with van der Waals surface area (Å²) in [5.41, 5.74) is 0. The predicted octanol–water partition coefficient (Wildman–Crippen LogP) is 5.25. The lowest BCUT2D eigenvalue weighted by molar-refractivity contribution is 0.196. The first kappa shape index (κ1) is 12.3. The van der Waals surface area contributed by atoms with E-state index in [1.807, 2.05) is 0 Å². The van der Waals surface area contributed by atoms with Crippen molar-refractivity contribution in [3.8, 4) is 0 Å². The number of fused-ring (bicyclic) bond motifs is 2. The molecule has 0 aliphatic heterocycles. The van der Waals surface area contributed by atoms with Crippen LogP contribution >= 0.6 is 11.6 Å². The second-order valence-electron chi connectivity index (χ2n) is 7.03. The number of halogens is 1. The maximum atomic E-state index is 6.59. The Bertz CT molecular complexity index is 262. The Labute approximate surface area is 111 Å². The first-order valence-corrected chi connectivity index (χ1v) is 8.34. The molecule has 3 aliphatic rings. The van der Waals surface area contributed by atoms with Gasteiger partial charge in [-0.15, -0.1) is 11.6 Å². The fourth-order valence-corrected chi connectivity index (χ4v) is 5.32. The van der Waals surface area contributed by atoms with Gasteiger partial charge in [-0.05, 0) is 74.5 Å². The quantitative estimate of drug-likeness (QED) is 0.604. The maximum absolute atomic E-state index is 6.59. The lowest BCUT2D eigenvalue weighted by Crippen LogP contribution is -2.28. The van der Waals surface area contributed by atoms with Gasteiger partial charge in [0.25, 0.3) is 0 Å². The molecule has 3 aliphatic carbocycles. The van der Waals surface area contributed by atoms with Gasteiger partial charge in [0.2, 0.25) is 0 Å². The molecule has 0 N–H and O–H groups in total. The van der Waals surface area contributed by atoms with Gasteiger partial charge in [-0.3, -0.25) is 0 Å². The molecule has 6 atom stereocenters. The first-order valence-electron chi connectivity index (χ1n) is 7.90. The molecular formula is C16H27Cl. The molecule has 17 heavy (non-hydrogen) atoms. The summed E-state index contributed by atoms with van der Waals surface area (Å²) in [5, 5.41) is 0.497. The van der Waals surface area contributed by atoms with Crippen molar-refractivity contribution in [2.45, 2.75) is 70.1 Å². The standard InChI is InChI=1S/C16H27Cl/c1-2-11-4-6-16(17)15(7-11)10-14-9-12-3-5-13(14)8-12/h11-16H,2-10H2,1H3. The smallest absolute Gasteiger partial charge is 0.0364 e. The molecule has 98 valence electrons. The molecule has 3 fully saturated rings. The number of rotatable bonds is 3. The molecule has 0 saturated heterocycles. The van der Waals surface area contributed by atoms with Crippen LogP contribution in [-0.4, -0.2) is 5.38 Å². The first-order chi connectivity index (χ1) is 8.26. The van der Waals surface area contributed by atoms with Crippen molar-refractivity contribution in [1.29, 1.82) is 0 Å². The van der Waals surface area contributed by atoms with Crippen LogP contribution in [0.4, 0.5) is 0 Å². The van der Waals surface area contributed by atoms with Crippen LogP contribution in [0, 0.1) is 29.6 Å². The van der Waals surface area contributed by atoms with Crippen molar-refractivity contribution in [1.82, 2.24) is 0 Å². The average Bonchev–Trinajstić information content (AvgIpc) is 2.94. The van der Waals surface area contributed by atoms with Crippen molar-refractivity contribution in [2.75, 3.05) is 0 Å². The van der Waals surface area contributed by atoms with Gasteiger partial charge in [-0.2, -0.15) is 0 Å². The highest BCUT2D eigenvalue weighted by atomic mass is 35.5. The summed E-state index contributed by atoms with van der Waals surface area (Å²) in [6.07, 6.45) is 13.1. The third-order valence-corrected chi connectivity index (χ3v) is 6.64. The molecule has 0 nitrogen and oxygen atoms in total. The zero-order chi connectivity index (χ0) is 11.8. The van der Waals surface area contributed by atoms with Crippen LogP contribution in [0.15, 0.2) is 0 Å². The van der Waals surface area contributed by atoms with Crippen LogP contribution in [0.5, 0.6) is 0 Å². The monoisotopic (exact) mass is 254 g/mol. The molecule has 1 heteroatoms. The zero-order valence-electron chi connectivity index (χ0n) is 11.2. The summed E-state index contributed by atoms with van der Waals surface area (Å²) in [7, 11) is 0. The van der Waals surface area contributed by atoms with Gasteiger partial charge < -0.3 is 0 Å². The van der Waals surface area contributed by atoms with E-state index >= 15 is 0 Å². The summed E-state index contributed by atoms with van der Waals surface area (Å²) in [6, 6.07) is 0. The van der Waals surface area contributed by atoms with Crippen LogP contribution in [0.3, 0.4) is 0 Å². The number of hydrogen-bond acceptors (Lipinski definition) is 0. The minimum absolute atomic E-state index is 0.497. The van der Waals surface area contributed by atoms with Gasteiger partial charge in [-0.1, -0.05) is 19.8 Å². The highest BCUT2D eigenvalue weighted by Gasteiger charge is 2.41. The Morgan fingerprint density at radius 1 is 0.941 bits per heavy atom. The van der Waals surface area contributed by atoms with Crippen LogP contribution < -0.4 is 0 Å². The lowest BCUT2D eigenvalue weighted by atomic mass is 9.73. The summed E-state index contributed by atoms with van der Waals surface area (Å²) in [6.45, 7) is 2.35. The molecule has 0 spiro atoms. The molecule has 0 aromatic carbocycles. The van der Waals surface area contributed by atoms with Crippen molar-refractivity contribution in [2.24, 2.45) is 29.6 Å². The molecule has 0 aromatic rings. The largest absolute Gasteiger partial charge is 0.123 e. The average molecular weight is 255 g/mol. The van der Waals surface area contributed by atoms with E-state index in [-0.39, 0.29) is 0 Å². The van der Waals surface area contributed by atoms with Crippen LogP contribution in [0.25, 0.3) is 0 Å². The van der Waals surface area contributed by atoms with E-state index in [1.165, 1.54) is 44.9 Å². The lowest BCUT2D eigenvalue weighted by Gasteiger charge is -2.35.